The predicted octanol–water partition coefficient (Wildman–Crippen LogP) is 3.84. The topological polar surface area (TPSA) is 9.23 Å². The van der Waals surface area contributed by atoms with Gasteiger partial charge in [-0.05, 0) is 24.6 Å². The molecule has 1 rings (SSSR count). The number of unbranched alkanes of at least 4 members (excludes halogenated alkanes) is 4. The highest BCUT2D eigenvalue weighted by Crippen LogP contribution is 2.09. The highest BCUT2D eigenvalue weighted by atomic mass is 16.5. The third-order valence-corrected chi connectivity index (χ3v) is 2.20. The van der Waals surface area contributed by atoms with Gasteiger partial charge in [0.25, 0.3) is 0 Å². The van der Waals surface area contributed by atoms with Crippen molar-refractivity contribution in [2.24, 2.45) is 0 Å². The van der Waals surface area contributed by atoms with E-state index in [0.29, 0.717) is 0 Å². The van der Waals surface area contributed by atoms with Crippen molar-refractivity contribution in [3.8, 4) is 5.75 Å². The van der Waals surface area contributed by atoms with Gasteiger partial charge < -0.3 is 4.74 Å². The predicted molar refractivity (Wildman–Crippen MR) is 59.5 cm³/mol. The fourth-order valence-corrected chi connectivity index (χ4v) is 1.36. The summed E-state index contributed by atoms with van der Waals surface area (Å²) in [5.41, 5.74) is 0. The van der Waals surface area contributed by atoms with Crippen LogP contribution in [0.5, 0.6) is 5.75 Å². The Bertz CT molecular complexity index is 218. The molecule has 14 heavy (non-hydrogen) atoms. The van der Waals surface area contributed by atoms with Crippen molar-refractivity contribution < 1.29 is 4.74 Å². The molecule has 0 aliphatic heterocycles. The van der Waals surface area contributed by atoms with Crippen LogP contribution in [0.15, 0.2) is 24.3 Å². The molecule has 0 heterocycles. The molecular weight excluding hydrogens is 172 g/mol. The van der Waals surface area contributed by atoms with Crippen LogP contribution in [-0.4, -0.2) is 6.61 Å². The van der Waals surface area contributed by atoms with E-state index in [2.05, 4.69) is 13.0 Å². The van der Waals surface area contributed by atoms with Crippen molar-refractivity contribution in [1.29, 1.82) is 0 Å². The summed E-state index contributed by atoms with van der Waals surface area (Å²) < 4.78 is 5.55. The lowest BCUT2D eigenvalue weighted by atomic mass is 10.2. The fourth-order valence-electron chi connectivity index (χ4n) is 1.36. The molecule has 0 aliphatic carbocycles. The Balaban J connectivity index is 1.99. The molecule has 1 aromatic carbocycles. The van der Waals surface area contributed by atoms with Gasteiger partial charge in [0.05, 0.1) is 6.61 Å². The third kappa shape index (κ3) is 4.90. The summed E-state index contributed by atoms with van der Waals surface area (Å²) in [6.07, 6.45) is 6.42. The summed E-state index contributed by atoms with van der Waals surface area (Å²) in [5, 5.41) is 0. The molecule has 1 nitrogen and oxygen atoms in total. The van der Waals surface area contributed by atoms with Crippen LogP contribution in [-0.2, 0) is 0 Å². The van der Waals surface area contributed by atoms with Crippen LogP contribution in [0.2, 0.25) is 0 Å². The van der Waals surface area contributed by atoms with Gasteiger partial charge >= 0.3 is 0 Å². The van der Waals surface area contributed by atoms with Gasteiger partial charge in [0.1, 0.15) is 5.75 Å². The smallest absolute Gasteiger partial charge is 0.119 e. The Labute approximate surface area is 87.1 Å². The van der Waals surface area contributed by atoms with E-state index in [-0.39, 0.29) is 0 Å². The molecule has 0 N–H and O–H groups in total. The Hall–Kier alpha value is -0.980. The number of rotatable bonds is 7. The minimum absolute atomic E-state index is 0.835. The SMILES string of the molecule is CCCCCCCOc1c[c]ccc1. The van der Waals surface area contributed by atoms with Gasteiger partial charge in [0, 0.05) is 0 Å². The van der Waals surface area contributed by atoms with Crippen LogP contribution in [0.4, 0.5) is 0 Å². The Morgan fingerprint density at radius 3 is 2.79 bits per heavy atom. The van der Waals surface area contributed by atoms with E-state index in [4.69, 9.17) is 4.74 Å². The second-order valence-corrected chi connectivity index (χ2v) is 3.50. The van der Waals surface area contributed by atoms with Crippen LogP contribution < -0.4 is 4.74 Å². The first-order valence-corrected chi connectivity index (χ1v) is 5.52. The monoisotopic (exact) mass is 191 g/mol. The van der Waals surface area contributed by atoms with Gasteiger partial charge in [-0.3, -0.25) is 0 Å². The number of ether oxygens (including phenoxy) is 1. The van der Waals surface area contributed by atoms with Gasteiger partial charge in [-0.1, -0.05) is 44.7 Å². The first-order chi connectivity index (χ1) is 6.93. The van der Waals surface area contributed by atoms with Crippen LogP contribution in [0.1, 0.15) is 39.0 Å². The quantitative estimate of drug-likeness (QED) is 0.595. The summed E-state index contributed by atoms with van der Waals surface area (Å²) in [7, 11) is 0. The molecule has 0 aliphatic rings. The van der Waals surface area contributed by atoms with E-state index in [9.17, 15) is 0 Å². The zero-order valence-corrected chi connectivity index (χ0v) is 8.96. The molecule has 0 unspecified atom stereocenters. The first-order valence-electron chi connectivity index (χ1n) is 5.52. The van der Waals surface area contributed by atoms with Crippen LogP contribution >= 0.6 is 0 Å². The molecule has 1 aromatic rings. The van der Waals surface area contributed by atoms with Crippen molar-refractivity contribution in [2.45, 2.75) is 39.0 Å². The third-order valence-electron chi connectivity index (χ3n) is 2.20. The van der Waals surface area contributed by atoms with E-state index in [0.717, 1.165) is 18.8 Å². The Morgan fingerprint density at radius 1 is 1.21 bits per heavy atom. The average Bonchev–Trinajstić information content (AvgIpc) is 2.25. The van der Waals surface area contributed by atoms with Gasteiger partial charge in [-0.25, -0.2) is 0 Å². The molecule has 0 atom stereocenters. The minimum Gasteiger partial charge on any atom is -0.494 e. The minimum atomic E-state index is 0.835. The van der Waals surface area contributed by atoms with E-state index in [1.165, 1.54) is 25.7 Å². The van der Waals surface area contributed by atoms with Gasteiger partial charge in [-0.2, -0.15) is 0 Å². The fraction of sp³-hybridized carbons (Fsp3) is 0.538. The summed E-state index contributed by atoms with van der Waals surface area (Å²) >= 11 is 0. The van der Waals surface area contributed by atoms with Crippen molar-refractivity contribution in [3.05, 3.63) is 30.3 Å². The summed E-state index contributed by atoms with van der Waals surface area (Å²) in [4.78, 5) is 0. The molecule has 0 amide bonds. The molecule has 0 aromatic heterocycles. The zero-order valence-electron chi connectivity index (χ0n) is 8.96. The van der Waals surface area contributed by atoms with Crippen molar-refractivity contribution in [3.63, 3.8) is 0 Å². The van der Waals surface area contributed by atoms with Crippen LogP contribution in [0, 0.1) is 6.07 Å². The average molecular weight is 191 g/mol. The normalized spacial score (nSPS) is 10.1. The maximum Gasteiger partial charge on any atom is 0.119 e. The molecular formula is C13H19O. The summed E-state index contributed by atoms with van der Waals surface area (Å²) in [6.45, 7) is 3.07. The Morgan fingerprint density at radius 2 is 2.07 bits per heavy atom. The van der Waals surface area contributed by atoms with Gasteiger partial charge in [0.2, 0.25) is 0 Å². The molecule has 0 fully saturated rings. The first kappa shape index (κ1) is 11.1. The standard InChI is InChI=1S/C13H19O/c1-2-3-4-5-9-12-14-13-10-7-6-8-11-13/h6-7,10-11H,2-5,9,12H2,1H3. The maximum atomic E-state index is 5.55. The second-order valence-electron chi connectivity index (χ2n) is 3.50. The number of hydrogen-bond acceptors (Lipinski definition) is 1. The molecule has 1 heteroatoms. The van der Waals surface area contributed by atoms with Gasteiger partial charge in [-0.15, -0.1) is 0 Å². The molecule has 0 spiro atoms. The Kier molecular flexibility index (Phi) is 5.89. The molecule has 0 saturated carbocycles. The van der Waals surface area contributed by atoms with E-state index < -0.39 is 0 Å². The summed E-state index contributed by atoms with van der Waals surface area (Å²) in [6, 6.07) is 10.7. The van der Waals surface area contributed by atoms with Crippen LogP contribution in [0.25, 0.3) is 0 Å². The highest BCUT2D eigenvalue weighted by molar-refractivity contribution is 5.19. The van der Waals surface area contributed by atoms with E-state index in [1.54, 1.807) is 0 Å². The van der Waals surface area contributed by atoms with Crippen molar-refractivity contribution >= 4 is 0 Å². The number of hydrogen-bond donors (Lipinski definition) is 0. The lowest BCUT2D eigenvalue weighted by Crippen LogP contribution is -1.96. The lowest BCUT2D eigenvalue weighted by Gasteiger charge is -2.04. The van der Waals surface area contributed by atoms with Crippen LogP contribution in [0.3, 0.4) is 0 Å². The zero-order chi connectivity index (χ0) is 10.1. The maximum absolute atomic E-state index is 5.55. The van der Waals surface area contributed by atoms with Crippen molar-refractivity contribution in [1.82, 2.24) is 0 Å². The molecule has 0 bridgehead atoms. The van der Waals surface area contributed by atoms with E-state index in [1.807, 2.05) is 24.3 Å². The number of benzene rings is 1. The van der Waals surface area contributed by atoms with Gasteiger partial charge in [0.15, 0.2) is 0 Å². The molecule has 77 valence electrons. The molecule has 0 saturated heterocycles. The lowest BCUT2D eigenvalue weighted by molar-refractivity contribution is 0.304. The largest absolute Gasteiger partial charge is 0.494 e. The van der Waals surface area contributed by atoms with E-state index >= 15 is 0 Å². The van der Waals surface area contributed by atoms with Crippen molar-refractivity contribution in [2.75, 3.05) is 6.61 Å². The second kappa shape index (κ2) is 7.43. The summed E-state index contributed by atoms with van der Waals surface area (Å²) in [5.74, 6) is 0.933. The molecule has 1 radical (unpaired) electrons. The highest BCUT2D eigenvalue weighted by Gasteiger charge is 1.92.